The third-order valence-corrected chi connectivity index (χ3v) is 2.36. The summed E-state index contributed by atoms with van der Waals surface area (Å²) in [4.78, 5) is 0. The molecule has 0 fully saturated rings. The van der Waals surface area contributed by atoms with E-state index >= 15 is 0 Å². The lowest BCUT2D eigenvalue weighted by Gasteiger charge is -2.00. The van der Waals surface area contributed by atoms with Crippen LogP contribution in [0.4, 0.5) is 0 Å². The van der Waals surface area contributed by atoms with E-state index < -0.39 is 5.60 Å². The Balaban J connectivity index is 0.000000343. The van der Waals surface area contributed by atoms with Gasteiger partial charge in [-0.3, -0.25) is 0 Å². The van der Waals surface area contributed by atoms with Crippen LogP contribution in [-0.2, 0) is 0 Å². The van der Waals surface area contributed by atoms with Gasteiger partial charge >= 0.3 is 0 Å². The SMILES string of the molecule is C#Cc1ccccc1.CC(C)(O)C#N.N#C/C=C/c1ccccc1. The van der Waals surface area contributed by atoms with E-state index in [0.717, 1.165) is 11.1 Å². The van der Waals surface area contributed by atoms with Crippen molar-refractivity contribution in [3.8, 4) is 24.5 Å². The Morgan fingerprint density at radius 1 is 0.958 bits per heavy atom. The summed E-state index contributed by atoms with van der Waals surface area (Å²) in [5.74, 6) is 2.53. The predicted molar refractivity (Wildman–Crippen MR) is 97.4 cm³/mol. The van der Waals surface area contributed by atoms with Crippen LogP contribution in [0, 0.1) is 35.0 Å². The van der Waals surface area contributed by atoms with Crippen LogP contribution in [0.25, 0.3) is 6.08 Å². The zero-order chi connectivity index (χ0) is 18.3. The first kappa shape index (κ1) is 20.7. The van der Waals surface area contributed by atoms with E-state index in [9.17, 15) is 0 Å². The standard InChI is InChI=1S/C9H7N.C8H6.C4H7NO/c10-8-4-7-9-5-2-1-3-6-9;1-2-8-6-4-3-5-7-8;1-4(2,6)3-5/h1-7H;1,3-7H;6H,1-2H3/b7-4+;;. The van der Waals surface area contributed by atoms with Gasteiger partial charge in [0.2, 0.25) is 0 Å². The lowest BCUT2D eigenvalue weighted by atomic mass is 10.2. The van der Waals surface area contributed by atoms with Crippen molar-refractivity contribution in [1.29, 1.82) is 10.5 Å². The molecule has 24 heavy (non-hydrogen) atoms. The number of rotatable bonds is 1. The minimum Gasteiger partial charge on any atom is -0.376 e. The van der Waals surface area contributed by atoms with E-state index in [4.69, 9.17) is 22.1 Å². The van der Waals surface area contributed by atoms with Crippen molar-refractivity contribution < 1.29 is 5.11 Å². The number of nitrogens with zero attached hydrogens (tertiary/aromatic N) is 2. The number of aliphatic hydroxyl groups is 1. The highest BCUT2D eigenvalue weighted by Gasteiger charge is 2.07. The summed E-state index contributed by atoms with van der Waals surface area (Å²) in [5.41, 5.74) is 0.844. The van der Waals surface area contributed by atoms with Gasteiger partial charge in [0, 0.05) is 11.6 Å². The maximum Gasteiger partial charge on any atom is 0.145 e. The lowest BCUT2D eigenvalue weighted by Crippen LogP contribution is -2.13. The summed E-state index contributed by atoms with van der Waals surface area (Å²) in [6, 6.07) is 22.9. The van der Waals surface area contributed by atoms with E-state index in [1.807, 2.05) is 66.7 Å². The van der Waals surface area contributed by atoms with E-state index in [-0.39, 0.29) is 0 Å². The largest absolute Gasteiger partial charge is 0.376 e. The van der Waals surface area contributed by atoms with Crippen LogP contribution < -0.4 is 0 Å². The van der Waals surface area contributed by atoms with Gasteiger partial charge in [0.25, 0.3) is 0 Å². The molecule has 2 aromatic carbocycles. The minimum absolute atomic E-state index is 0.938. The second-order valence-corrected chi connectivity index (χ2v) is 5.05. The van der Waals surface area contributed by atoms with Gasteiger partial charge in [-0.25, -0.2) is 0 Å². The number of benzene rings is 2. The van der Waals surface area contributed by atoms with E-state index in [2.05, 4.69) is 5.92 Å². The predicted octanol–water partition coefficient (Wildman–Crippen LogP) is 4.17. The molecule has 0 aliphatic rings. The molecule has 0 bridgehead atoms. The molecular formula is C21H20N2O. The smallest absolute Gasteiger partial charge is 0.145 e. The highest BCUT2D eigenvalue weighted by Crippen LogP contribution is 1.99. The molecule has 0 saturated heterocycles. The van der Waals surface area contributed by atoms with Gasteiger partial charge in [-0.05, 0) is 37.6 Å². The molecule has 2 aromatic rings. The summed E-state index contributed by atoms with van der Waals surface area (Å²) in [6.07, 6.45) is 8.35. The quantitative estimate of drug-likeness (QED) is 0.487. The highest BCUT2D eigenvalue weighted by molar-refractivity contribution is 5.51. The van der Waals surface area contributed by atoms with Crippen LogP contribution in [0.1, 0.15) is 25.0 Å². The molecule has 0 unspecified atom stereocenters. The molecule has 0 heterocycles. The molecule has 120 valence electrons. The van der Waals surface area contributed by atoms with Gasteiger partial charge in [-0.1, -0.05) is 54.5 Å². The van der Waals surface area contributed by atoms with Crippen LogP contribution in [0.5, 0.6) is 0 Å². The maximum absolute atomic E-state index is 8.47. The Morgan fingerprint density at radius 3 is 1.75 bits per heavy atom. The Hall–Kier alpha value is -3.32. The summed E-state index contributed by atoms with van der Waals surface area (Å²) in [7, 11) is 0. The first-order valence-corrected chi connectivity index (χ1v) is 7.19. The molecule has 0 aromatic heterocycles. The zero-order valence-corrected chi connectivity index (χ0v) is 13.8. The summed E-state index contributed by atoms with van der Waals surface area (Å²) in [5, 5.41) is 24.6. The molecule has 0 radical (unpaired) electrons. The molecule has 3 nitrogen and oxygen atoms in total. The summed E-state index contributed by atoms with van der Waals surface area (Å²) < 4.78 is 0. The van der Waals surface area contributed by atoms with E-state index in [0.29, 0.717) is 0 Å². The van der Waals surface area contributed by atoms with Gasteiger partial charge in [-0.2, -0.15) is 10.5 Å². The fourth-order valence-corrected chi connectivity index (χ4v) is 1.23. The first-order valence-electron chi connectivity index (χ1n) is 7.19. The average molecular weight is 316 g/mol. The molecule has 0 aliphatic carbocycles. The monoisotopic (exact) mass is 316 g/mol. The number of nitriles is 2. The highest BCUT2D eigenvalue weighted by atomic mass is 16.3. The van der Waals surface area contributed by atoms with Gasteiger partial charge in [-0.15, -0.1) is 6.42 Å². The molecule has 0 saturated carbocycles. The van der Waals surface area contributed by atoms with Crippen molar-refractivity contribution in [3.63, 3.8) is 0 Å². The second-order valence-electron chi connectivity index (χ2n) is 5.05. The molecule has 2 rings (SSSR count). The molecule has 3 heteroatoms. The van der Waals surface area contributed by atoms with Crippen LogP contribution >= 0.6 is 0 Å². The van der Waals surface area contributed by atoms with Gasteiger partial charge in [0.05, 0.1) is 12.1 Å². The van der Waals surface area contributed by atoms with Crippen molar-refractivity contribution in [2.75, 3.05) is 0 Å². The Morgan fingerprint density at radius 2 is 1.42 bits per heavy atom. The van der Waals surface area contributed by atoms with Gasteiger partial charge < -0.3 is 5.11 Å². The molecule has 0 spiro atoms. The minimum atomic E-state index is -1.15. The number of terminal acetylenes is 1. The Kier molecular flexibility index (Phi) is 10.6. The van der Waals surface area contributed by atoms with Crippen LogP contribution in [0.3, 0.4) is 0 Å². The Bertz CT molecular complexity index is 722. The van der Waals surface area contributed by atoms with Crippen LogP contribution in [0.15, 0.2) is 66.7 Å². The molecule has 1 N–H and O–H groups in total. The number of allylic oxidation sites excluding steroid dienone is 1. The normalized spacial score (nSPS) is 9.17. The van der Waals surface area contributed by atoms with E-state index in [1.54, 1.807) is 12.1 Å². The number of hydrogen-bond donors (Lipinski definition) is 1. The second kappa shape index (κ2) is 12.2. The maximum atomic E-state index is 8.47. The van der Waals surface area contributed by atoms with Crippen molar-refractivity contribution in [2.24, 2.45) is 0 Å². The summed E-state index contributed by atoms with van der Waals surface area (Å²) in [6.45, 7) is 2.88. The zero-order valence-electron chi connectivity index (χ0n) is 13.8. The summed E-state index contributed by atoms with van der Waals surface area (Å²) >= 11 is 0. The molecule has 0 amide bonds. The topological polar surface area (TPSA) is 67.8 Å². The lowest BCUT2D eigenvalue weighted by molar-refractivity contribution is 0.141. The van der Waals surface area contributed by atoms with Crippen molar-refractivity contribution in [3.05, 3.63) is 77.9 Å². The van der Waals surface area contributed by atoms with E-state index in [1.165, 1.54) is 19.9 Å². The number of hydrogen-bond acceptors (Lipinski definition) is 3. The van der Waals surface area contributed by atoms with Crippen LogP contribution in [-0.4, -0.2) is 10.7 Å². The molecular weight excluding hydrogens is 296 g/mol. The third kappa shape index (κ3) is 12.4. The Labute approximate surface area is 144 Å². The van der Waals surface area contributed by atoms with Gasteiger partial charge in [0.15, 0.2) is 0 Å². The van der Waals surface area contributed by atoms with Gasteiger partial charge in [0.1, 0.15) is 5.60 Å². The molecule has 0 aliphatic heterocycles. The van der Waals surface area contributed by atoms with Crippen molar-refractivity contribution >= 4 is 6.08 Å². The average Bonchev–Trinajstić information content (AvgIpc) is 2.62. The van der Waals surface area contributed by atoms with Crippen molar-refractivity contribution in [2.45, 2.75) is 19.4 Å². The third-order valence-electron chi connectivity index (χ3n) is 2.36. The fraction of sp³-hybridized carbons (Fsp3) is 0.143. The van der Waals surface area contributed by atoms with Crippen molar-refractivity contribution in [1.82, 2.24) is 0 Å². The fourth-order valence-electron chi connectivity index (χ4n) is 1.23. The van der Waals surface area contributed by atoms with Crippen LogP contribution in [0.2, 0.25) is 0 Å². The molecule has 0 atom stereocenters. The first-order chi connectivity index (χ1) is 11.4.